The van der Waals surface area contributed by atoms with E-state index in [1.807, 2.05) is 18.2 Å². The molecule has 1 saturated carbocycles. The number of likely N-dealkylation sites (N-methyl/N-ethyl adjacent to an activating group) is 1. The van der Waals surface area contributed by atoms with Crippen LogP contribution < -0.4 is 5.32 Å². The van der Waals surface area contributed by atoms with Crippen molar-refractivity contribution < 1.29 is 9.18 Å². The Morgan fingerprint density at radius 1 is 1.20 bits per heavy atom. The van der Waals surface area contributed by atoms with Gasteiger partial charge in [-0.15, -0.1) is 11.8 Å². The Balaban J connectivity index is 1.78. The number of halogens is 1. The molecule has 0 heterocycles. The SMILES string of the molecule is CSc1ccc(CN(C)[C@H](C(=O)NC2CC2)c2ccc(F)cc2)cc1. The molecule has 1 aliphatic carbocycles. The van der Waals surface area contributed by atoms with Crippen LogP contribution in [0.25, 0.3) is 0 Å². The van der Waals surface area contributed by atoms with Crippen molar-refractivity contribution in [2.24, 2.45) is 0 Å². The molecular formula is C20H23FN2OS. The van der Waals surface area contributed by atoms with E-state index in [-0.39, 0.29) is 11.7 Å². The van der Waals surface area contributed by atoms with E-state index in [4.69, 9.17) is 0 Å². The van der Waals surface area contributed by atoms with Crippen molar-refractivity contribution >= 4 is 17.7 Å². The van der Waals surface area contributed by atoms with Crippen LogP contribution in [0, 0.1) is 5.82 Å². The molecule has 1 N–H and O–H groups in total. The Kier molecular flexibility index (Phi) is 5.76. The summed E-state index contributed by atoms with van der Waals surface area (Å²) in [6.07, 6.45) is 4.14. The molecular weight excluding hydrogens is 335 g/mol. The van der Waals surface area contributed by atoms with Crippen LogP contribution in [0.4, 0.5) is 4.39 Å². The second kappa shape index (κ2) is 8.02. The van der Waals surface area contributed by atoms with Crippen LogP contribution in [-0.4, -0.2) is 30.2 Å². The molecule has 2 aromatic rings. The van der Waals surface area contributed by atoms with Crippen molar-refractivity contribution in [1.82, 2.24) is 10.2 Å². The fourth-order valence-corrected chi connectivity index (χ4v) is 3.28. The van der Waals surface area contributed by atoms with E-state index in [0.29, 0.717) is 12.6 Å². The van der Waals surface area contributed by atoms with Gasteiger partial charge in [-0.2, -0.15) is 0 Å². The molecule has 5 heteroatoms. The smallest absolute Gasteiger partial charge is 0.242 e. The van der Waals surface area contributed by atoms with E-state index in [9.17, 15) is 9.18 Å². The van der Waals surface area contributed by atoms with Gasteiger partial charge in [0.05, 0.1) is 0 Å². The van der Waals surface area contributed by atoms with Gasteiger partial charge in [0.15, 0.2) is 0 Å². The predicted molar refractivity (Wildman–Crippen MR) is 100.0 cm³/mol. The van der Waals surface area contributed by atoms with Crippen molar-refractivity contribution in [3.05, 3.63) is 65.5 Å². The van der Waals surface area contributed by atoms with Gasteiger partial charge in [-0.25, -0.2) is 4.39 Å². The number of nitrogens with one attached hydrogen (secondary N) is 1. The first-order chi connectivity index (χ1) is 12.1. The maximum absolute atomic E-state index is 13.3. The number of rotatable bonds is 7. The molecule has 3 rings (SSSR count). The minimum atomic E-state index is -0.429. The molecule has 0 aliphatic heterocycles. The summed E-state index contributed by atoms with van der Waals surface area (Å²) < 4.78 is 13.3. The van der Waals surface area contributed by atoms with Gasteiger partial charge in [-0.1, -0.05) is 24.3 Å². The first kappa shape index (κ1) is 18.0. The molecule has 0 aromatic heterocycles. The Bertz CT molecular complexity index is 713. The van der Waals surface area contributed by atoms with Crippen molar-refractivity contribution in [2.75, 3.05) is 13.3 Å². The maximum Gasteiger partial charge on any atom is 0.242 e. The summed E-state index contributed by atoms with van der Waals surface area (Å²) in [5.41, 5.74) is 1.95. The monoisotopic (exact) mass is 358 g/mol. The maximum atomic E-state index is 13.3. The van der Waals surface area contributed by atoms with Gasteiger partial charge in [0.2, 0.25) is 5.91 Å². The highest BCUT2D eigenvalue weighted by molar-refractivity contribution is 7.98. The summed E-state index contributed by atoms with van der Waals surface area (Å²) in [5.74, 6) is -0.308. The van der Waals surface area contributed by atoms with Gasteiger partial charge in [0.25, 0.3) is 0 Å². The topological polar surface area (TPSA) is 32.3 Å². The summed E-state index contributed by atoms with van der Waals surface area (Å²) in [5, 5.41) is 3.07. The number of hydrogen-bond donors (Lipinski definition) is 1. The Morgan fingerprint density at radius 2 is 1.84 bits per heavy atom. The molecule has 1 amide bonds. The summed E-state index contributed by atoms with van der Waals surface area (Å²) in [6.45, 7) is 0.648. The van der Waals surface area contributed by atoms with Crippen LogP contribution in [0.2, 0.25) is 0 Å². The quantitative estimate of drug-likeness (QED) is 0.760. The molecule has 0 saturated heterocycles. The Labute approximate surface area is 152 Å². The van der Waals surface area contributed by atoms with Crippen molar-refractivity contribution in [1.29, 1.82) is 0 Å². The van der Waals surface area contributed by atoms with Crippen LogP contribution in [0.15, 0.2) is 53.4 Å². The second-order valence-electron chi connectivity index (χ2n) is 6.50. The van der Waals surface area contributed by atoms with Crippen LogP contribution in [0.1, 0.15) is 30.0 Å². The third-order valence-corrected chi connectivity index (χ3v) is 5.13. The lowest BCUT2D eigenvalue weighted by molar-refractivity contribution is -0.126. The first-order valence-electron chi connectivity index (χ1n) is 8.46. The molecule has 25 heavy (non-hydrogen) atoms. The predicted octanol–water partition coefficient (Wildman–Crippen LogP) is 4.00. The number of hydrogen-bond acceptors (Lipinski definition) is 3. The number of carbonyl (C=O) groups is 1. The van der Waals surface area contributed by atoms with Crippen LogP contribution in [0.3, 0.4) is 0 Å². The zero-order chi connectivity index (χ0) is 17.8. The minimum Gasteiger partial charge on any atom is -0.352 e. The lowest BCUT2D eigenvalue weighted by atomic mass is 10.0. The summed E-state index contributed by atoms with van der Waals surface area (Å²) >= 11 is 1.71. The average Bonchev–Trinajstić information content (AvgIpc) is 3.41. The van der Waals surface area contributed by atoms with Crippen LogP contribution in [0.5, 0.6) is 0 Å². The van der Waals surface area contributed by atoms with E-state index in [2.05, 4.69) is 29.6 Å². The third kappa shape index (κ3) is 4.83. The highest BCUT2D eigenvalue weighted by Gasteiger charge is 2.30. The van der Waals surface area contributed by atoms with Gasteiger partial charge in [-0.05, 0) is 61.5 Å². The zero-order valence-electron chi connectivity index (χ0n) is 14.5. The summed E-state index contributed by atoms with van der Waals surface area (Å²) in [7, 11) is 1.93. The number of benzene rings is 2. The fraction of sp³-hybridized carbons (Fsp3) is 0.350. The lowest BCUT2D eigenvalue weighted by Gasteiger charge is -2.28. The standard InChI is InChI=1S/C20H23FN2OS/c1-23(13-14-3-11-18(25-2)12-4-14)19(20(24)22-17-9-10-17)15-5-7-16(21)8-6-15/h3-8,11-12,17,19H,9-10,13H2,1-2H3,(H,22,24)/t19-/m0/s1. The largest absolute Gasteiger partial charge is 0.352 e. The first-order valence-corrected chi connectivity index (χ1v) is 9.68. The van der Waals surface area contributed by atoms with Gasteiger partial charge in [0.1, 0.15) is 11.9 Å². The van der Waals surface area contributed by atoms with Gasteiger partial charge in [-0.3, -0.25) is 9.69 Å². The van der Waals surface area contributed by atoms with E-state index in [1.54, 1.807) is 23.9 Å². The molecule has 0 bridgehead atoms. The Hall–Kier alpha value is -1.85. The van der Waals surface area contributed by atoms with Gasteiger partial charge >= 0.3 is 0 Å². The van der Waals surface area contributed by atoms with Gasteiger partial charge < -0.3 is 5.32 Å². The highest BCUT2D eigenvalue weighted by Crippen LogP contribution is 2.26. The minimum absolute atomic E-state index is 0.0163. The molecule has 0 unspecified atom stereocenters. The molecule has 0 radical (unpaired) electrons. The van der Waals surface area contributed by atoms with E-state index < -0.39 is 6.04 Å². The van der Waals surface area contributed by atoms with Crippen molar-refractivity contribution in [3.63, 3.8) is 0 Å². The molecule has 3 nitrogen and oxygen atoms in total. The average molecular weight is 358 g/mol. The number of carbonyl (C=O) groups excluding carboxylic acids is 1. The van der Waals surface area contributed by atoms with E-state index in [0.717, 1.165) is 24.0 Å². The van der Waals surface area contributed by atoms with E-state index in [1.165, 1.54) is 17.0 Å². The van der Waals surface area contributed by atoms with Crippen molar-refractivity contribution in [3.8, 4) is 0 Å². The fourth-order valence-electron chi connectivity index (χ4n) is 2.87. The molecule has 1 atom stereocenters. The second-order valence-corrected chi connectivity index (χ2v) is 7.38. The summed E-state index contributed by atoms with van der Waals surface area (Å²) in [6, 6.07) is 14.4. The number of amides is 1. The summed E-state index contributed by atoms with van der Waals surface area (Å²) in [4.78, 5) is 16.0. The van der Waals surface area contributed by atoms with Crippen molar-refractivity contribution in [2.45, 2.75) is 36.4 Å². The van der Waals surface area contributed by atoms with Gasteiger partial charge in [0, 0.05) is 17.5 Å². The Morgan fingerprint density at radius 3 is 2.40 bits per heavy atom. The number of thioether (sulfide) groups is 1. The normalized spacial score (nSPS) is 15.2. The molecule has 1 aliphatic rings. The molecule has 2 aromatic carbocycles. The molecule has 1 fully saturated rings. The van der Waals surface area contributed by atoms with Crippen LogP contribution in [-0.2, 0) is 11.3 Å². The zero-order valence-corrected chi connectivity index (χ0v) is 15.4. The highest BCUT2D eigenvalue weighted by atomic mass is 32.2. The third-order valence-electron chi connectivity index (χ3n) is 4.39. The number of nitrogens with zero attached hydrogens (tertiary/aromatic N) is 1. The van der Waals surface area contributed by atoms with E-state index >= 15 is 0 Å². The van der Waals surface area contributed by atoms with Crippen LogP contribution >= 0.6 is 11.8 Å². The molecule has 0 spiro atoms. The lowest BCUT2D eigenvalue weighted by Crippen LogP contribution is -2.39. The molecule has 132 valence electrons.